The molecule has 1 atom stereocenters. The number of nitrogen functional groups attached to an aromatic ring is 1. The summed E-state index contributed by atoms with van der Waals surface area (Å²) >= 11 is 1.60. The first-order valence-electron chi connectivity index (χ1n) is 6.44. The smallest absolute Gasteiger partial charge is 0.256 e. The molecule has 0 fully saturated rings. The molecule has 1 aromatic heterocycles. The molecule has 2 rings (SSSR count). The molecule has 0 saturated heterocycles. The number of amides is 1. The Labute approximate surface area is 126 Å². The van der Waals surface area contributed by atoms with Gasteiger partial charge in [0.25, 0.3) is 5.91 Å². The average Bonchev–Trinajstić information content (AvgIpc) is 2.94. The molecule has 1 heterocycles. The van der Waals surface area contributed by atoms with E-state index < -0.39 is 17.5 Å². The molecule has 0 aliphatic carbocycles. The Hall–Kier alpha value is -1.95. The quantitative estimate of drug-likeness (QED) is 0.881. The molecule has 0 spiro atoms. The SMILES string of the molecule is CC(Cc1cccs1)N(C)C(=O)c1cc(N)c(F)cc1F. The second-order valence-corrected chi connectivity index (χ2v) is 5.93. The zero-order valence-electron chi connectivity index (χ0n) is 11.8. The van der Waals surface area contributed by atoms with E-state index in [1.807, 2.05) is 24.4 Å². The third-order valence-corrected chi connectivity index (χ3v) is 4.27. The molecule has 1 aromatic carbocycles. The molecule has 3 nitrogen and oxygen atoms in total. The maximum atomic E-state index is 13.7. The van der Waals surface area contributed by atoms with E-state index in [1.54, 1.807) is 18.4 Å². The van der Waals surface area contributed by atoms with Crippen molar-refractivity contribution in [3.63, 3.8) is 0 Å². The van der Waals surface area contributed by atoms with Gasteiger partial charge in [0.2, 0.25) is 0 Å². The van der Waals surface area contributed by atoms with Crippen LogP contribution in [0.1, 0.15) is 22.2 Å². The van der Waals surface area contributed by atoms with Crippen LogP contribution in [0.5, 0.6) is 0 Å². The summed E-state index contributed by atoms with van der Waals surface area (Å²) in [7, 11) is 1.60. The standard InChI is InChI=1S/C15H16F2N2OS/c1-9(6-10-4-3-5-21-10)19(2)15(20)11-7-14(18)13(17)8-12(11)16/h3-5,7-9H,6,18H2,1-2H3. The fourth-order valence-electron chi connectivity index (χ4n) is 1.98. The molecule has 0 bridgehead atoms. The van der Waals surface area contributed by atoms with Crippen LogP contribution in [0.4, 0.5) is 14.5 Å². The van der Waals surface area contributed by atoms with Crippen molar-refractivity contribution in [2.45, 2.75) is 19.4 Å². The first kappa shape index (κ1) is 15.4. The Balaban J connectivity index is 2.17. The monoisotopic (exact) mass is 310 g/mol. The van der Waals surface area contributed by atoms with Crippen LogP contribution < -0.4 is 5.73 Å². The Morgan fingerprint density at radius 1 is 1.38 bits per heavy atom. The molecule has 1 unspecified atom stereocenters. The summed E-state index contributed by atoms with van der Waals surface area (Å²) in [6, 6.07) is 5.49. The molecule has 0 radical (unpaired) electrons. The lowest BCUT2D eigenvalue weighted by Crippen LogP contribution is -2.36. The zero-order chi connectivity index (χ0) is 15.6. The van der Waals surface area contributed by atoms with Crippen molar-refractivity contribution < 1.29 is 13.6 Å². The van der Waals surface area contributed by atoms with Gasteiger partial charge in [0.1, 0.15) is 11.6 Å². The van der Waals surface area contributed by atoms with Crippen molar-refractivity contribution in [3.8, 4) is 0 Å². The van der Waals surface area contributed by atoms with Gasteiger partial charge >= 0.3 is 0 Å². The molecule has 1 amide bonds. The number of likely N-dealkylation sites (N-methyl/N-ethyl adjacent to an activating group) is 1. The number of carbonyl (C=O) groups excluding carboxylic acids is 1. The van der Waals surface area contributed by atoms with Gasteiger partial charge in [-0.2, -0.15) is 0 Å². The summed E-state index contributed by atoms with van der Waals surface area (Å²) in [5.41, 5.74) is 4.95. The summed E-state index contributed by atoms with van der Waals surface area (Å²) < 4.78 is 26.9. The van der Waals surface area contributed by atoms with Gasteiger partial charge in [0.15, 0.2) is 0 Å². The number of hydrogen-bond donors (Lipinski definition) is 1. The van der Waals surface area contributed by atoms with Crippen molar-refractivity contribution >= 4 is 22.9 Å². The largest absolute Gasteiger partial charge is 0.396 e. The highest BCUT2D eigenvalue weighted by Gasteiger charge is 2.22. The van der Waals surface area contributed by atoms with E-state index in [0.29, 0.717) is 12.5 Å². The van der Waals surface area contributed by atoms with E-state index in [1.165, 1.54) is 4.90 Å². The van der Waals surface area contributed by atoms with E-state index in [4.69, 9.17) is 5.73 Å². The van der Waals surface area contributed by atoms with Crippen LogP contribution in [-0.2, 0) is 6.42 Å². The Bertz CT molecular complexity index is 643. The van der Waals surface area contributed by atoms with Gasteiger partial charge in [-0.3, -0.25) is 4.79 Å². The van der Waals surface area contributed by atoms with E-state index in [2.05, 4.69) is 0 Å². The van der Waals surface area contributed by atoms with Crippen molar-refractivity contribution in [2.24, 2.45) is 0 Å². The van der Waals surface area contributed by atoms with Gasteiger partial charge in [-0.15, -0.1) is 11.3 Å². The van der Waals surface area contributed by atoms with E-state index >= 15 is 0 Å². The van der Waals surface area contributed by atoms with Gasteiger partial charge in [-0.05, 0) is 24.4 Å². The Morgan fingerprint density at radius 2 is 2.10 bits per heavy atom. The predicted octanol–water partition coefficient (Wildman–Crippen LogP) is 3.31. The van der Waals surface area contributed by atoms with Crippen LogP contribution in [0.15, 0.2) is 29.6 Å². The lowest BCUT2D eigenvalue weighted by Gasteiger charge is -2.25. The molecule has 0 aliphatic heterocycles. The number of anilines is 1. The summed E-state index contributed by atoms with van der Waals surface area (Å²) in [5.74, 6) is -2.27. The average molecular weight is 310 g/mol. The van der Waals surface area contributed by atoms with Crippen molar-refractivity contribution in [1.29, 1.82) is 0 Å². The maximum Gasteiger partial charge on any atom is 0.256 e. The van der Waals surface area contributed by atoms with Gasteiger partial charge < -0.3 is 10.6 Å². The second-order valence-electron chi connectivity index (χ2n) is 4.90. The number of rotatable bonds is 4. The minimum atomic E-state index is -0.901. The number of carbonyl (C=O) groups is 1. The Morgan fingerprint density at radius 3 is 2.71 bits per heavy atom. The molecule has 2 N–H and O–H groups in total. The van der Waals surface area contributed by atoms with Gasteiger partial charge in [-0.25, -0.2) is 8.78 Å². The fraction of sp³-hybridized carbons (Fsp3) is 0.267. The number of nitrogens with zero attached hydrogens (tertiary/aromatic N) is 1. The van der Waals surface area contributed by atoms with Crippen LogP contribution in [0.2, 0.25) is 0 Å². The summed E-state index contributed by atoms with van der Waals surface area (Å²) in [6.45, 7) is 1.88. The zero-order valence-corrected chi connectivity index (χ0v) is 12.6. The normalized spacial score (nSPS) is 12.2. The maximum absolute atomic E-state index is 13.7. The number of thiophene rings is 1. The number of halogens is 2. The molecule has 6 heteroatoms. The van der Waals surface area contributed by atoms with Crippen LogP contribution >= 0.6 is 11.3 Å². The van der Waals surface area contributed by atoms with Crippen molar-refractivity contribution in [2.75, 3.05) is 12.8 Å². The van der Waals surface area contributed by atoms with Crippen molar-refractivity contribution in [3.05, 3.63) is 51.7 Å². The van der Waals surface area contributed by atoms with Crippen LogP contribution in [0.3, 0.4) is 0 Å². The predicted molar refractivity (Wildman–Crippen MR) is 80.3 cm³/mol. The molecular formula is C15H16F2N2OS. The Kier molecular flexibility index (Phi) is 4.57. The third-order valence-electron chi connectivity index (χ3n) is 3.37. The van der Waals surface area contributed by atoms with Crippen LogP contribution in [-0.4, -0.2) is 23.9 Å². The van der Waals surface area contributed by atoms with Gasteiger partial charge in [0, 0.05) is 30.5 Å². The lowest BCUT2D eigenvalue weighted by molar-refractivity contribution is 0.0739. The fourth-order valence-corrected chi connectivity index (χ4v) is 2.80. The van der Waals surface area contributed by atoms with Gasteiger partial charge in [0.05, 0.1) is 11.3 Å². The molecule has 0 aliphatic rings. The van der Waals surface area contributed by atoms with E-state index in [9.17, 15) is 13.6 Å². The van der Waals surface area contributed by atoms with E-state index in [-0.39, 0.29) is 17.3 Å². The first-order chi connectivity index (χ1) is 9.90. The first-order valence-corrected chi connectivity index (χ1v) is 7.32. The summed E-state index contributed by atoms with van der Waals surface area (Å²) in [4.78, 5) is 14.9. The second kappa shape index (κ2) is 6.22. The van der Waals surface area contributed by atoms with Crippen LogP contribution in [0.25, 0.3) is 0 Å². The summed E-state index contributed by atoms with van der Waals surface area (Å²) in [6.07, 6.45) is 0.679. The molecule has 0 saturated carbocycles. The molecule has 21 heavy (non-hydrogen) atoms. The highest BCUT2D eigenvalue weighted by atomic mass is 32.1. The highest BCUT2D eigenvalue weighted by Crippen LogP contribution is 2.20. The molecular weight excluding hydrogens is 294 g/mol. The minimum Gasteiger partial charge on any atom is -0.396 e. The number of benzene rings is 1. The van der Waals surface area contributed by atoms with E-state index in [0.717, 1.165) is 10.9 Å². The highest BCUT2D eigenvalue weighted by molar-refractivity contribution is 7.09. The topological polar surface area (TPSA) is 46.3 Å². The van der Waals surface area contributed by atoms with Crippen molar-refractivity contribution in [1.82, 2.24) is 4.90 Å². The lowest BCUT2D eigenvalue weighted by atomic mass is 10.1. The minimum absolute atomic E-state index is 0.109. The van der Waals surface area contributed by atoms with Crippen LogP contribution in [0, 0.1) is 11.6 Å². The molecule has 112 valence electrons. The number of nitrogens with two attached hydrogens (primary N) is 1. The summed E-state index contributed by atoms with van der Waals surface area (Å²) in [5, 5.41) is 1.96. The number of hydrogen-bond acceptors (Lipinski definition) is 3. The third kappa shape index (κ3) is 3.39. The molecule has 2 aromatic rings. The van der Waals surface area contributed by atoms with Gasteiger partial charge in [-0.1, -0.05) is 6.07 Å².